The molecule has 0 aromatic carbocycles. The van der Waals surface area contributed by atoms with Gasteiger partial charge in [0.05, 0.1) is 0 Å². The third-order valence-corrected chi connectivity index (χ3v) is 0.513. The minimum Gasteiger partial charge on any atom is -0.351 e. The Labute approximate surface area is 51.7 Å². The van der Waals surface area contributed by atoms with Gasteiger partial charge in [-0.3, -0.25) is 4.79 Å². The fourth-order valence-electron chi connectivity index (χ4n) is 0.261. The topological polar surface area (TPSA) is 73.9 Å². The van der Waals surface area contributed by atoms with Crippen LogP contribution in [0.3, 0.4) is 0 Å². The molecule has 50 valence electrons. The predicted octanol–water partition coefficient (Wildman–Crippen LogP) is -1.71. The van der Waals surface area contributed by atoms with Crippen LogP contribution in [0.5, 0.6) is 0 Å². The number of rotatable bonds is 2. The molecule has 0 radical (unpaired) electrons. The third-order valence-electron chi connectivity index (χ3n) is 0.513. The van der Waals surface area contributed by atoms with Crippen LogP contribution >= 0.6 is 0 Å². The normalized spacial score (nSPS) is 8.67. The van der Waals surface area contributed by atoms with Crippen molar-refractivity contribution in [1.82, 2.24) is 5.32 Å². The van der Waals surface area contributed by atoms with Gasteiger partial charge in [0.1, 0.15) is 0 Å². The molecule has 0 heterocycles. The third kappa shape index (κ3) is 4.74. The van der Waals surface area contributed by atoms with Gasteiger partial charge >= 0.3 is 5.91 Å². The van der Waals surface area contributed by atoms with E-state index >= 15 is 0 Å². The van der Waals surface area contributed by atoms with Crippen LogP contribution < -0.4 is 5.32 Å². The zero-order valence-corrected chi connectivity index (χ0v) is 4.53. The van der Waals surface area contributed by atoms with Crippen molar-refractivity contribution >= 4 is 5.91 Å². The average molecular weight is 130 g/mol. The van der Waals surface area contributed by atoms with Gasteiger partial charge in [0.15, 0.2) is 0 Å². The van der Waals surface area contributed by atoms with Gasteiger partial charge in [-0.25, -0.2) is 6.57 Å². The van der Waals surface area contributed by atoms with Crippen molar-refractivity contribution in [2.24, 2.45) is 0 Å². The lowest BCUT2D eigenvalue weighted by molar-refractivity contribution is -0.132. The Hall–Kier alpha value is -1.12. The van der Waals surface area contributed by atoms with Gasteiger partial charge in [0.25, 0.3) is 6.54 Å². The lowest BCUT2D eigenvalue weighted by atomic mass is 10.6. The molecule has 1 amide bonds. The van der Waals surface area contributed by atoms with E-state index in [2.05, 4.69) is 4.85 Å². The highest BCUT2D eigenvalue weighted by atomic mass is 16.5. The molecule has 0 aliphatic heterocycles. The summed E-state index contributed by atoms with van der Waals surface area (Å²) in [6.45, 7) is 5.80. The van der Waals surface area contributed by atoms with Gasteiger partial charge in [0, 0.05) is 0 Å². The maximum Gasteiger partial charge on any atom is 0.303 e. The molecule has 0 atom stereocenters. The minimum atomic E-state index is -1.86. The van der Waals surface area contributed by atoms with Crippen LogP contribution in [-0.2, 0) is 4.79 Å². The van der Waals surface area contributed by atoms with Crippen LogP contribution in [0.25, 0.3) is 4.85 Å². The molecule has 0 bridgehead atoms. The van der Waals surface area contributed by atoms with E-state index in [1.165, 1.54) is 0 Å². The Balaban J connectivity index is 3.42. The van der Waals surface area contributed by atoms with E-state index in [9.17, 15) is 4.79 Å². The Morgan fingerprint density at radius 2 is 2.33 bits per heavy atom. The maximum absolute atomic E-state index is 10.2. The molecular weight excluding hydrogens is 124 g/mol. The van der Waals surface area contributed by atoms with Crippen LogP contribution in [0.2, 0.25) is 0 Å². The summed E-state index contributed by atoms with van der Waals surface area (Å²) in [5.41, 5.74) is 0. The van der Waals surface area contributed by atoms with Crippen LogP contribution in [-0.4, -0.2) is 29.1 Å². The summed E-state index contributed by atoms with van der Waals surface area (Å²) >= 11 is 0. The highest BCUT2D eigenvalue weighted by Gasteiger charge is 2.05. The van der Waals surface area contributed by atoms with Crippen molar-refractivity contribution in [1.29, 1.82) is 0 Å². The SMILES string of the molecule is [C-]#[N+]CC(=O)NC(O)O. The number of nitrogens with one attached hydrogen (secondary N) is 1. The number of hydrogen-bond donors (Lipinski definition) is 3. The molecule has 0 saturated heterocycles. The molecule has 0 fully saturated rings. The molecular formula is C4H6N2O3. The molecule has 0 spiro atoms. The molecule has 5 heteroatoms. The standard InChI is InChI=1S/C4H6N2O3/c1-5-2-3(7)6-4(8)9/h4,8-9H,2H2,(H,6,7). The second kappa shape index (κ2) is 3.83. The number of hydrogen-bond acceptors (Lipinski definition) is 3. The van der Waals surface area contributed by atoms with Gasteiger partial charge in [-0.15, -0.1) is 0 Å². The van der Waals surface area contributed by atoms with E-state index in [-0.39, 0.29) is 6.54 Å². The van der Waals surface area contributed by atoms with Crippen LogP contribution in [0, 0.1) is 6.57 Å². The smallest absolute Gasteiger partial charge is 0.303 e. The van der Waals surface area contributed by atoms with E-state index in [1.807, 2.05) is 0 Å². The van der Waals surface area contributed by atoms with Gasteiger partial charge in [-0.2, -0.15) is 0 Å². The zero-order chi connectivity index (χ0) is 7.28. The molecule has 0 aliphatic carbocycles. The van der Waals surface area contributed by atoms with E-state index in [1.54, 1.807) is 5.32 Å². The Morgan fingerprint density at radius 3 is 2.67 bits per heavy atom. The average Bonchev–Trinajstić information content (AvgIpc) is 1.63. The molecule has 0 unspecified atom stereocenters. The molecule has 0 aromatic heterocycles. The number of carbonyl (C=O) groups is 1. The summed E-state index contributed by atoms with van der Waals surface area (Å²) in [5, 5.41) is 17.8. The zero-order valence-electron chi connectivity index (χ0n) is 4.53. The monoisotopic (exact) mass is 130 g/mol. The fraction of sp³-hybridized carbons (Fsp3) is 0.500. The van der Waals surface area contributed by atoms with Crippen molar-refractivity contribution in [2.45, 2.75) is 6.41 Å². The summed E-state index contributed by atoms with van der Waals surface area (Å²) in [4.78, 5) is 12.9. The second-order valence-electron chi connectivity index (χ2n) is 1.26. The molecule has 9 heavy (non-hydrogen) atoms. The van der Waals surface area contributed by atoms with Crippen molar-refractivity contribution in [3.8, 4) is 0 Å². The quantitative estimate of drug-likeness (QED) is 0.308. The molecule has 0 rings (SSSR count). The predicted molar refractivity (Wildman–Crippen MR) is 27.8 cm³/mol. The van der Waals surface area contributed by atoms with Crippen molar-refractivity contribution < 1.29 is 15.0 Å². The maximum atomic E-state index is 10.2. The summed E-state index contributed by atoms with van der Waals surface area (Å²) in [7, 11) is 0. The summed E-state index contributed by atoms with van der Waals surface area (Å²) < 4.78 is 0. The van der Waals surface area contributed by atoms with Crippen LogP contribution in [0.4, 0.5) is 0 Å². The van der Waals surface area contributed by atoms with E-state index in [0.29, 0.717) is 0 Å². The molecule has 0 aromatic rings. The van der Waals surface area contributed by atoms with Gasteiger partial charge in [-0.1, -0.05) is 0 Å². The van der Waals surface area contributed by atoms with E-state index in [4.69, 9.17) is 16.8 Å². The highest BCUT2D eigenvalue weighted by Crippen LogP contribution is 1.70. The van der Waals surface area contributed by atoms with Gasteiger partial charge in [-0.05, 0) is 0 Å². The second-order valence-corrected chi connectivity index (χ2v) is 1.26. The number of nitrogens with zero attached hydrogens (tertiary/aromatic N) is 1. The summed E-state index contributed by atoms with van der Waals surface area (Å²) in [6.07, 6.45) is -1.86. The molecule has 5 nitrogen and oxygen atoms in total. The Morgan fingerprint density at radius 1 is 1.78 bits per heavy atom. The lowest BCUT2D eigenvalue weighted by Crippen LogP contribution is -2.35. The summed E-state index contributed by atoms with van der Waals surface area (Å²) in [6, 6.07) is 0. The highest BCUT2D eigenvalue weighted by molar-refractivity contribution is 5.79. The number of aliphatic hydroxyl groups excluding tert-OH is 1. The van der Waals surface area contributed by atoms with Crippen molar-refractivity contribution in [3.63, 3.8) is 0 Å². The number of carbonyl (C=O) groups excluding carboxylic acids is 1. The van der Waals surface area contributed by atoms with E-state index < -0.39 is 12.3 Å². The first-order chi connectivity index (χ1) is 4.16. The van der Waals surface area contributed by atoms with Crippen LogP contribution in [0.15, 0.2) is 0 Å². The van der Waals surface area contributed by atoms with Gasteiger partial charge < -0.3 is 20.4 Å². The molecule has 0 saturated carbocycles. The minimum absolute atomic E-state index is 0.377. The number of aliphatic hydroxyl groups is 2. The fourth-order valence-corrected chi connectivity index (χ4v) is 0.261. The molecule has 0 aliphatic rings. The summed E-state index contributed by atoms with van der Waals surface area (Å²) in [5.74, 6) is -0.694. The first-order valence-corrected chi connectivity index (χ1v) is 2.15. The van der Waals surface area contributed by atoms with Crippen molar-refractivity contribution in [2.75, 3.05) is 6.54 Å². The largest absolute Gasteiger partial charge is 0.351 e. The molecule has 3 N–H and O–H groups in total. The first-order valence-electron chi connectivity index (χ1n) is 2.15. The first kappa shape index (κ1) is 7.88. The van der Waals surface area contributed by atoms with Crippen molar-refractivity contribution in [3.05, 3.63) is 11.4 Å². The Bertz CT molecular complexity index is 137. The number of amides is 1. The van der Waals surface area contributed by atoms with E-state index in [0.717, 1.165) is 0 Å². The van der Waals surface area contributed by atoms with Gasteiger partial charge in [0.2, 0.25) is 6.41 Å². The van der Waals surface area contributed by atoms with Crippen LogP contribution in [0.1, 0.15) is 0 Å². The lowest BCUT2D eigenvalue weighted by Gasteiger charge is -2.00. The Kier molecular flexibility index (Phi) is 3.35.